The first kappa shape index (κ1) is 19.7. The molecule has 0 spiro atoms. The van der Waals surface area contributed by atoms with Crippen LogP contribution in [0.3, 0.4) is 0 Å². The normalized spacial score (nSPS) is 11.0. The Morgan fingerprint density at radius 2 is 1.77 bits per heavy atom. The van der Waals surface area contributed by atoms with E-state index in [1.54, 1.807) is 6.07 Å². The van der Waals surface area contributed by atoms with E-state index in [-0.39, 0.29) is 23.0 Å². The molecule has 0 heterocycles. The average molecular weight is 382 g/mol. The lowest BCUT2D eigenvalue weighted by Crippen LogP contribution is -2.36. The molecule has 140 valence electrons. The minimum Gasteiger partial charge on any atom is -0.497 e. The van der Waals surface area contributed by atoms with Crippen molar-refractivity contribution in [1.82, 2.24) is 10.0 Å². The van der Waals surface area contributed by atoms with Gasteiger partial charge in [-0.3, -0.25) is 4.79 Å². The molecule has 26 heavy (non-hydrogen) atoms. The zero-order valence-electron chi connectivity index (χ0n) is 14.3. The van der Waals surface area contributed by atoms with Gasteiger partial charge in [-0.1, -0.05) is 12.1 Å². The third kappa shape index (κ3) is 5.17. The van der Waals surface area contributed by atoms with Crippen LogP contribution in [0.15, 0.2) is 47.4 Å². The topological polar surface area (TPSA) is 93.7 Å². The first-order valence-electron chi connectivity index (χ1n) is 7.58. The van der Waals surface area contributed by atoms with E-state index in [0.717, 1.165) is 0 Å². The molecule has 0 saturated heterocycles. The van der Waals surface area contributed by atoms with Crippen LogP contribution in [0.5, 0.6) is 11.5 Å². The molecule has 2 N–H and O–H groups in total. The van der Waals surface area contributed by atoms with Crippen LogP contribution < -0.4 is 19.5 Å². The molecule has 0 fully saturated rings. The summed E-state index contributed by atoms with van der Waals surface area (Å²) < 4.78 is 50.0. The van der Waals surface area contributed by atoms with Crippen molar-refractivity contribution in [2.24, 2.45) is 0 Å². The van der Waals surface area contributed by atoms with Crippen molar-refractivity contribution in [3.8, 4) is 11.5 Å². The second kappa shape index (κ2) is 8.63. The van der Waals surface area contributed by atoms with Crippen LogP contribution in [0.4, 0.5) is 4.39 Å². The molecular formula is C17H19FN2O5S. The molecule has 0 aromatic heterocycles. The van der Waals surface area contributed by atoms with Gasteiger partial charge in [0.05, 0.1) is 20.8 Å². The summed E-state index contributed by atoms with van der Waals surface area (Å²) in [6, 6.07) is 9.94. The summed E-state index contributed by atoms with van der Waals surface area (Å²) in [4.78, 5) is 11.7. The zero-order chi connectivity index (χ0) is 19.2. The highest BCUT2D eigenvalue weighted by Crippen LogP contribution is 2.27. The van der Waals surface area contributed by atoms with Gasteiger partial charge < -0.3 is 14.8 Å². The molecule has 0 bridgehead atoms. The lowest BCUT2D eigenvalue weighted by atomic mass is 10.2. The number of hydrogen-bond donors (Lipinski definition) is 2. The minimum absolute atomic E-state index is 0.130. The Balaban J connectivity index is 1.99. The molecule has 0 aliphatic heterocycles. The van der Waals surface area contributed by atoms with Gasteiger partial charge in [0.2, 0.25) is 15.9 Å². The van der Waals surface area contributed by atoms with Crippen LogP contribution in [-0.4, -0.2) is 35.1 Å². The number of carbonyl (C=O) groups is 1. The summed E-state index contributed by atoms with van der Waals surface area (Å²) in [5.74, 6) is -0.434. The molecule has 0 atom stereocenters. The van der Waals surface area contributed by atoms with E-state index in [2.05, 4.69) is 10.0 Å². The predicted octanol–water partition coefficient (Wildman–Crippen LogP) is 1.44. The molecule has 1 amide bonds. The van der Waals surface area contributed by atoms with E-state index in [4.69, 9.17) is 9.47 Å². The van der Waals surface area contributed by atoms with E-state index in [0.29, 0.717) is 11.3 Å². The van der Waals surface area contributed by atoms with Crippen molar-refractivity contribution in [3.63, 3.8) is 0 Å². The Bertz CT molecular complexity index is 869. The number of hydrogen-bond acceptors (Lipinski definition) is 5. The van der Waals surface area contributed by atoms with Gasteiger partial charge in [-0.2, -0.15) is 0 Å². The van der Waals surface area contributed by atoms with Crippen LogP contribution >= 0.6 is 0 Å². The third-order valence-electron chi connectivity index (χ3n) is 3.49. The molecule has 2 rings (SSSR count). The van der Waals surface area contributed by atoms with Crippen molar-refractivity contribution in [3.05, 3.63) is 53.8 Å². The van der Waals surface area contributed by atoms with E-state index in [9.17, 15) is 17.6 Å². The Morgan fingerprint density at radius 1 is 1.08 bits per heavy atom. The van der Waals surface area contributed by atoms with Crippen molar-refractivity contribution >= 4 is 15.9 Å². The number of benzene rings is 2. The molecule has 2 aromatic carbocycles. The lowest BCUT2D eigenvalue weighted by Gasteiger charge is -2.12. The van der Waals surface area contributed by atoms with Crippen molar-refractivity contribution < 1.29 is 27.1 Å². The number of nitrogens with one attached hydrogen (secondary N) is 2. The smallest absolute Gasteiger partial charge is 0.244 e. The Hall–Kier alpha value is -2.65. The lowest BCUT2D eigenvalue weighted by molar-refractivity contribution is -0.120. The van der Waals surface area contributed by atoms with E-state index >= 15 is 0 Å². The van der Waals surface area contributed by atoms with Gasteiger partial charge in [-0.15, -0.1) is 0 Å². The predicted molar refractivity (Wildman–Crippen MR) is 93.0 cm³/mol. The van der Waals surface area contributed by atoms with Gasteiger partial charge >= 0.3 is 0 Å². The van der Waals surface area contributed by atoms with Crippen LogP contribution in [-0.2, 0) is 21.4 Å². The fraction of sp³-hybridized carbons (Fsp3) is 0.235. The monoisotopic (exact) mass is 382 g/mol. The van der Waals surface area contributed by atoms with Gasteiger partial charge in [-0.05, 0) is 29.8 Å². The number of sulfonamides is 1. The molecular weight excluding hydrogens is 363 g/mol. The van der Waals surface area contributed by atoms with Gasteiger partial charge in [0.15, 0.2) is 0 Å². The summed E-state index contributed by atoms with van der Waals surface area (Å²) in [5.41, 5.74) is 0.692. The quantitative estimate of drug-likeness (QED) is 0.721. The van der Waals surface area contributed by atoms with Gasteiger partial charge in [0, 0.05) is 12.6 Å². The number of methoxy groups -OCH3 is 2. The molecule has 9 heteroatoms. The van der Waals surface area contributed by atoms with Crippen LogP contribution in [0.2, 0.25) is 0 Å². The highest BCUT2D eigenvalue weighted by Gasteiger charge is 2.21. The Labute approximate surface area is 151 Å². The molecule has 0 unspecified atom stereocenters. The molecule has 0 aliphatic rings. The first-order valence-corrected chi connectivity index (χ1v) is 9.07. The second-order valence-corrected chi connectivity index (χ2v) is 6.98. The fourth-order valence-electron chi connectivity index (χ4n) is 2.10. The van der Waals surface area contributed by atoms with E-state index < -0.39 is 22.5 Å². The number of amides is 1. The molecule has 0 aliphatic carbocycles. The van der Waals surface area contributed by atoms with Crippen LogP contribution in [0, 0.1) is 5.82 Å². The van der Waals surface area contributed by atoms with Gasteiger partial charge in [0.1, 0.15) is 22.2 Å². The standard InChI is InChI=1S/C17H19FN2O5S/c1-24-14-7-8-15(25-2)16(9-14)26(22,23)20-11-17(21)19-10-12-3-5-13(18)6-4-12/h3-9,20H,10-11H2,1-2H3,(H,19,21). The number of rotatable bonds is 8. The number of ether oxygens (including phenoxy) is 2. The maximum absolute atomic E-state index is 12.8. The average Bonchev–Trinajstić information content (AvgIpc) is 2.65. The van der Waals surface area contributed by atoms with Crippen molar-refractivity contribution in [1.29, 1.82) is 0 Å². The third-order valence-corrected chi connectivity index (χ3v) is 4.91. The highest BCUT2D eigenvalue weighted by atomic mass is 32.2. The van der Waals surface area contributed by atoms with E-state index in [1.807, 2.05) is 0 Å². The Morgan fingerprint density at radius 3 is 2.38 bits per heavy atom. The highest BCUT2D eigenvalue weighted by molar-refractivity contribution is 7.89. The van der Waals surface area contributed by atoms with Crippen molar-refractivity contribution in [2.75, 3.05) is 20.8 Å². The Kier molecular flexibility index (Phi) is 6.53. The van der Waals surface area contributed by atoms with Gasteiger partial charge in [-0.25, -0.2) is 17.5 Å². The molecule has 7 nitrogen and oxygen atoms in total. The van der Waals surface area contributed by atoms with Gasteiger partial charge in [0.25, 0.3) is 0 Å². The molecule has 0 saturated carbocycles. The summed E-state index contributed by atoms with van der Waals surface area (Å²) in [6.07, 6.45) is 0. The first-order chi connectivity index (χ1) is 12.4. The zero-order valence-corrected chi connectivity index (χ0v) is 15.1. The summed E-state index contributed by atoms with van der Waals surface area (Å²) in [5, 5.41) is 2.55. The summed E-state index contributed by atoms with van der Waals surface area (Å²) >= 11 is 0. The minimum atomic E-state index is -3.98. The maximum atomic E-state index is 12.8. The van der Waals surface area contributed by atoms with Crippen LogP contribution in [0.1, 0.15) is 5.56 Å². The second-order valence-electron chi connectivity index (χ2n) is 5.24. The van der Waals surface area contributed by atoms with Crippen LogP contribution in [0.25, 0.3) is 0 Å². The largest absolute Gasteiger partial charge is 0.497 e. The SMILES string of the molecule is COc1ccc(OC)c(S(=O)(=O)NCC(=O)NCc2ccc(F)cc2)c1. The molecule has 2 aromatic rings. The summed E-state index contributed by atoms with van der Waals surface area (Å²) in [6.45, 7) is -0.298. The number of halogens is 1. The number of carbonyl (C=O) groups excluding carboxylic acids is 1. The maximum Gasteiger partial charge on any atom is 0.244 e. The summed E-state index contributed by atoms with van der Waals surface area (Å²) in [7, 11) is -1.23. The fourth-order valence-corrected chi connectivity index (χ4v) is 3.26. The van der Waals surface area contributed by atoms with Crippen molar-refractivity contribution in [2.45, 2.75) is 11.4 Å². The van der Waals surface area contributed by atoms with E-state index in [1.165, 1.54) is 50.6 Å². The molecule has 0 radical (unpaired) electrons.